The molecule has 84 valence electrons. The van der Waals surface area contributed by atoms with Gasteiger partial charge in [0, 0.05) is 6.04 Å². The molecule has 0 aliphatic heterocycles. The van der Waals surface area contributed by atoms with E-state index in [1.54, 1.807) is 0 Å². The Morgan fingerprint density at radius 2 is 1.80 bits per heavy atom. The van der Waals surface area contributed by atoms with Gasteiger partial charge in [-0.05, 0) is 36.8 Å². The predicted octanol–water partition coefficient (Wildman–Crippen LogP) is 3.31. The van der Waals surface area contributed by atoms with E-state index in [9.17, 15) is 0 Å². The Bertz CT molecular complexity index is 280. The average Bonchev–Trinajstić information content (AvgIpc) is 2.27. The first-order chi connectivity index (χ1) is 7.26. The van der Waals surface area contributed by atoms with Crippen LogP contribution in [0.3, 0.4) is 0 Å². The van der Waals surface area contributed by atoms with E-state index in [0.717, 1.165) is 19.3 Å². The van der Waals surface area contributed by atoms with Crippen molar-refractivity contribution < 1.29 is 0 Å². The quantitative estimate of drug-likeness (QED) is 0.757. The maximum absolute atomic E-state index is 5.92. The molecule has 0 saturated heterocycles. The molecule has 15 heavy (non-hydrogen) atoms. The minimum Gasteiger partial charge on any atom is -0.328 e. The van der Waals surface area contributed by atoms with Crippen LogP contribution in [0, 0.1) is 0 Å². The van der Waals surface area contributed by atoms with Gasteiger partial charge in [-0.1, -0.05) is 44.5 Å². The zero-order chi connectivity index (χ0) is 11.1. The molecule has 0 aromatic heterocycles. The van der Waals surface area contributed by atoms with Crippen molar-refractivity contribution in [2.45, 2.75) is 52.0 Å². The Morgan fingerprint density at radius 1 is 1.13 bits per heavy atom. The van der Waals surface area contributed by atoms with Gasteiger partial charge >= 0.3 is 0 Å². The van der Waals surface area contributed by atoms with E-state index in [4.69, 9.17) is 5.73 Å². The number of benzene rings is 1. The molecule has 0 amide bonds. The largest absolute Gasteiger partial charge is 0.328 e. The maximum atomic E-state index is 5.92. The summed E-state index contributed by atoms with van der Waals surface area (Å²) in [7, 11) is 0. The molecule has 0 aliphatic rings. The molecule has 1 atom stereocenters. The van der Waals surface area contributed by atoms with Crippen molar-refractivity contribution in [1.82, 2.24) is 0 Å². The lowest BCUT2D eigenvalue weighted by Crippen LogP contribution is -2.19. The summed E-state index contributed by atoms with van der Waals surface area (Å²) in [5.41, 5.74) is 8.81. The first kappa shape index (κ1) is 12.3. The summed E-state index contributed by atoms with van der Waals surface area (Å²) < 4.78 is 0. The van der Waals surface area contributed by atoms with Crippen LogP contribution < -0.4 is 5.73 Å². The van der Waals surface area contributed by atoms with E-state index >= 15 is 0 Å². The highest BCUT2D eigenvalue weighted by Gasteiger charge is 2.00. The van der Waals surface area contributed by atoms with Crippen LogP contribution in [0.4, 0.5) is 0 Å². The Balaban J connectivity index is 2.50. The second kappa shape index (κ2) is 6.62. The SMILES string of the molecule is CCCc1cccc(CCC(N)CC)c1. The van der Waals surface area contributed by atoms with E-state index in [1.165, 1.54) is 24.0 Å². The van der Waals surface area contributed by atoms with Gasteiger partial charge in [0.1, 0.15) is 0 Å². The van der Waals surface area contributed by atoms with E-state index in [-0.39, 0.29) is 0 Å². The highest BCUT2D eigenvalue weighted by molar-refractivity contribution is 5.23. The van der Waals surface area contributed by atoms with Crippen LogP contribution in [-0.2, 0) is 12.8 Å². The Kier molecular flexibility index (Phi) is 5.41. The molecular weight excluding hydrogens is 182 g/mol. The molecule has 0 aliphatic carbocycles. The predicted molar refractivity (Wildman–Crippen MR) is 67.0 cm³/mol. The molecule has 1 heteroatoms. The van der Waals surface area contributed by atoms with Gasteiger partial charge in [0.05, 0.1) is 0 Å². The van der Waals surface area contributed by atoms with E-state index in [2.05, 4.69) is 38.1 Å². The van der Waals surface area contributed by atoms with Crippen LogP contribution in [-0.4, -0.2) is 6.04 Å². The summed E-state index contributed by atoms with van der Waals surface area (Å²) in [4.78, 5) is 0. The third-order valence-electron chi connectivity index (χ3n) is 2.86. The highest BCUT2D eigenvalue weighted by atomic mass is 14.6. The molecular formula is C14H23N. The Hall–Kier alpha value is -0.820. The first-order valence-corrected chi connectivity index (χ1v) is 6.09. The van der Waals surface area contributed by atoms with Crippen molar-refractivity contribution in [3.05, 3.63) is 35.4 Å². The normalized spacial score (nSPS) is 12.7. The fourth-order valence-electron chi connectivity index (χ4n) is 1.79. The van der Waals surface area contributed by atoms with Crippen molar-refractivity contribution in [2.75, 3.05) is 0 Å². The maximum Gasteiger partial charge on any atom is 0.00393 e. The molecule has 0 spiro atoms. The third kappa shape index (κ3) is 4.48. The molecule has 2 N–H and O–H groups in total. The molecule has 1 nitrogen and oxygen atoms in total. The number of hydrogen-bond donors (Lipinski definition) is 1. The van der Waals surface area contributed by atoms with Gasteiger partial charge < -0.3 is 5.73 Å². The average molecular weight is 205 g/mol. The molecule has 1 unspecified atom stereocenters. The fourth-order valence-corrected chi connectivity index (χ4v) is 1.79. The van der Waals surface area contributed by atoms with Crippen molar-refractivity contribution in [3.63, 3.8) is 0 Å². The monoisotopic (exact) mass is 205 g/mol. The summed E-state index contributed by atoms with van der Waals surface area (Å²) in [6, 6.07) is 9.28. The van der Waals surface area contributed by atoms with E-state index in [1.807, 2.05) is 0 Å². The van der Waals surface area contributed by atoms with Crippen molar-refractivity contribution in [2.24, 2.45) is 5.73 Å². The van der Waals surface area contributed by atoms with Crippen molar-refractivity contribution in [3.8, 4) is 0 Å². The lowest BCUT2D eigenvalue weighted by Gasteiger charge is -2.09. The topological polar surface area (TPSA) is 26.0 Å². The lowest BCUT2D eigenvalue weighted by molar-refractivity contribution is 0.596. The molecule has 1 aromatic carbocycles. The van der Waals surface area contributed by atoms with Gasteiger partial charge in [0.25, 0.3) is 0 Å². The summed E-state index contributed by atoms with van der Waals surface area (Å²) in [5, 5.41) is 0. The molecule has 1 aromatic rings. The van der Waals surface area contributed by atoms with Gasteiger partial charge in [-0.25, -0.2) is 0 Å². The molecule has 0 heterocycles. The standard InChI is InChI=1S/C14H23N/c1-3-6-12-7-5-8-13(11-12)9-10-14(15)4-2/h5,7-8,11,14H,3-4,6,9-10,15H2,1-2H3. The highest BCUT2D eigenvalue weighted by Crippen LogP contribution is 2.10. The second-order valence-electron chi connectivity index (χ2n) is 4.28. The van der Waals surface area contributed by atoms with Gasteiger partial charge in [-0.2, -0.15) is 0 Å². The van der Waals surface area contributed by atoms with Gasteiger partial charge in [-0.3, -0.25) is 0 Å². The molecule has 0 fully saturated rings. The molecule has 1 rings (SSSR count). The Labute approximate surface area is 93.7 Å². The zero-order valence-electron chi connectivity index (χ0n) is 10.00. The number of rotatable bonds is 6. The number of hydrogen-bond acceptors (Lipinski definition) is 1. The zero-order valence-corrected chi connectivity index (χ0v) is 10.00. The number of nitrogens with two attached hydrogens (primary N) is 1. The van der Waals surface area contributed by atoms with Crippen LogP contribution in [0.25, 0.3) is 0 Å². The van der Waals surface area contributed by atoms with Crippen LogP contribution in [0.5, 0.6) is 0 Å². The molecule has 0 bridgehead atoms. The van der Waals surface area contributed by atoms with Crippen LogP contribution in [0.2, 0.25) is 0 Å². The van der Waals surface area contributed by atoms with Crippen molar-refractivity contribution in [1.29, 1.82) is 0 Å². The van der Waals surface area contributed by atoms with E-state index in [0.29, 0.717) is 6.04 Å². The van der Waals surface area contributed by atoms with Gasteiger partial charge in [0.15, 0.2) is 0 Å². The minimum atomic E-state index is 0.361. The fraction of sp³-hybridized carbons (Fsp3) is 0.571. The van der Waals surface area contributed by atoms with Crippen LogP contribution >= 0.6 is 0 Å². The summed E-state index contributed by atoms with van der Waals surface area (Å²) in [6.45, 7) is 4.37. The third-order valence-corrected chi connectivity index (χ3v) is 2.86. The summed E-state index contributed by atoms with van der Waals surface area (Å²) in [5.74, 6) is 0. The van der Waals surface area contributed by atoms with Crippen molar-refractivity contribution >= 4 is 0 Å². The van der Waals surface area contributed by atoms with Gasteiger partial charge in [0.2, 0.25) is 0 Å². The van der Waals surface area contributed by atoms with Crippen LogP contribution in [0.15, 0.2) is 24.3 Å². The smallest absolute Gasteiger partial charge is 0.00393 e. The first-order valence-electron chi connectivity index (χ1n) is 6.09. The summed E-state index contributed by atoms with van der Waals surface area (Å²) in [6.07, 6.45) is 5.71. The summed E-state index contributed by atoms with van der Waals surface area (Å²) >= 11 is 0. The van der Waals surface area contributed by atoms with Gasteiger partial charge in [-0.15, -0.1) is 0 Å². The lowest BCUT2D eigenvalue weighted by atomic mass is 10.0. The minimum absolute atomic E-state index is 0.361. The molecule has 0 saturated carbocycles. The number of aryl methyl sites for hydroxylation is 2. The second-order valence-corrected chi connectivity index (χ2v) is 4.28. The van der Waals surface area contributed by atoms with E-state index < -0.39 is 0 Å². The Morgan fingerprint density at radius 3 is 2.40 bits per heavy atom. The van der Waals surface area contributed by atoms with Crippen LogP contribution in [0.1, 0.15) is 44.2 Å². The molecule has 0 radical (unpaired) electrons.